The molecule has 1 aromatic heterocycles. The lowest BCUT2D eigenvalue weighted by molar-refractivity contribution is -0.117. The number of nitriles is 1. The number of aromatic nitrogens is 1. The van der Waals surface area contributed by atoms with E-state index in [1.54, 1.807) is 18.2 Å². The molecule has 0 bridgehead atoms. The fraction of sp³-hybridized carbons (Fsp3) is 0.125. The van der Waals surface area contributed by atoms with Gasteiger partial charge in [0.05, 0.1) is 11.0 Å². The number of rotatable bonds is 6. The van der Waals surface area contributed by atoms with Crippen LogP contribution < -0.4 is 10.0 Å². The van der Waals surface area contributed by atoms with Gasteiger partial charge in [0.2, 0.25) is 10.0 Å². The molecule has 1 heterocycles. The van der Waals surface area contributed by atoms with Crippen LogP contribution in [-0.2, 0) is 14.8 Å². The monoisotopic (exact) mass is 358 g/mol. The van der Waals surface area contributed by atoms with Crippen molar-refractivity contribution in [3.63, 3.8) is 0 Å². The van der Waals surface area contributed by atoms with E-state index < -0.39 is 27.6 Å². The molecule has 0 saturated heterocycles. The third kappa shape index (κ3) is 4.26. The van der Waals surface area contributed by atoms with E-state index >= 15 is 0 Å². The Morgan fingerprint density at radius 2 is 1.96 bits per heavy atom. The average Bonchev–Trinajstić information content (AvgIpc) is 2.63. The third-order valence-electron chi connectivity index (χ3n) is 3.27. The molecule has 9 heteroatoms. The number of hydrogen-bond acceptors (Lipinski definition) is 6. The first kappa shape index (κ1) is 18.3. The molecule has 0 unspecified atom stereocenters. The molecule has 25 heavy (non-hydrogen) atoms. The van der Waals surface area contributed by atoms with Crippen LogP contribution in [0.15, 0.2) is 53.6 Å². The van der Waals surface area contributed by atoms with E-state index in [1.807, 2.05) is 0 Å². The third-order valence-corrected chi connectivity index (χ3v) is 4.68. The van der Waals surface area contributed by atoms with E-state index in [0.29, 0.717) is 0 Å². The highest BCUT2D eigenvalue weighted by Crippen LogP contribution is 2.16. The summed E-state index contributed by atoms with van der Waals surface area (Å²) in [6.07, 6.45) is 1.45. The second kappa shape index (κ2) is 7.65. The summed E-state index contributed by atoms with van der Waals surface area (Å²) in [5.41, 5.74) is -0.0564. The number of anilines is 1. The van der Waals surface area contributed by atoms with Gasteiger partial charge in [-0.2, -0.15) is 5.26 Å². The van der Waals surface area contributed by atoms with Crippen LogP contribution in [0.25, 0.3) is 0 Å². The van der Waals surface area contributed by atoms with Crippen LogP contribution in [-0.4, -0.2) is 32.1 Å². The van der Waals surface area contributed by atoms with E-state index in [2.05, 4.69) is 15.0 Å². The first-order valence-electron chi connectivity index (χ1n) is 7.08. The number of pyridine rings is 1. The van der Waals surface area contributed by atoms with E-state index in [0.717, 1.165) is 6.07 Å². The highest BCUT2D eigenvalue weighted by Gasteiger charge is 2.28. The molecule has 2 aromatic rings. The van der Waals surface area contributed by atoms with Gasteiger partial charge in [0.1, 0.15) is 5.82 Å². The second-order valence-corrected chi connectivity index (χ2v) is 6.75. The Hall–Kier alpha value is -3.09. The van der Waals surface area contributed by atoms with Crippen LogP contribution in [0.2, 0.25) is 0 Å². The molecule has 0 aliphatic heterocycles. The summed E-state index contributed by atoms with van der Waals surface area (Å²) in [6.45, 7) is 0. The molecule has 1 atom stereocenters. The SMILES string of the molecule is CNS(=O)(=O)c1cccc(C(=O)[C@@H](C#N)C(=O)Nc2ccccn2)c1. The number of carbonyl (C=O) groups is 2. The first-order chi connectivity index (χ1) is 11.9. The molecule has 0 aliphatic rings. The molecular weight excluding hydrogens is 344 g/mol. The van der Waals surface area contributed by atoms with Crippen LogP contribution in [0.4, 0.5) is 5.82 Å². The molecule has 128 valence electrons. The summed E-state index contributed by atoms with van der Waals surface area (Å²) in [4.78, 5) is 28.4. The van der Waals surface area contributed by atoms with Crippen molar-refractivity contribution in [2.75, 3.05) is 12.4 Å². The maximum atomic E-state index is 12.5. The molecule has 0 radical (unpaired) electrons. The minimum absolute atomic E-state index is 0.0564. The molecule has 0 aliphatic carbocycles. The van der Waals surface area contributed by atoms with Crippen molar-refractivity contribution in [1.29, 1.82) is 5.26 Å². The zero-order valence-electron chi connectivity index (χ0n) is 13.1. The first-order valence-corrected chi connectivity index (χ1v) is 8.56. The normalized spacial score (nSPS) is 12.0. The zero-order chi connectivity index (χ0) is 18.4. The molecule has 0 spiro atoms. The van der Waals surface area contributed by atoms with E-state index in [1.165, 1.54) is 37.5 Å². The molecule has 1 aromatic carbocycles. The lowest BCUT2D eigenvalue weighted by atomic mass is 9.98. The number of sulfonamides is 1. The van der Waals surface area contributed by atoms with E-state index in [4.69, 9.17) is 0 Å². The largest absolute Gasteiger partial charge is 0.309 e. The summed E-state index contributed by atoms with van der Waals surface area (Å²) in [6, 6.07) is 11.6. The topological polar surface area (TPSA) is 129 Å². The number of amides is 1. The number of ketones is 1. The number of benzene rings is 1. The van der Waals surface area contributed by atoms with Crippen molar-refractivity contribution in [2.45, 2.75) is 4.90 Å². The standard InChI is InChI=1S/C16H14N4O4S/c1-18-25(23,24)12-6-4-5-11(9-12)15(21)13(10-17)16(22)20-14-7-2-3-8-19-14/h2-9,13,18H,1H3,(H,19,20,22)/t13-/m1/s1. The van der Waals surface area contributed by atoms with Crippen molar-refractivity contribution in [3.05, 3.63) is 54.2 Å². The number of nitrogens with one attached hydrogen (secondary N) is 2. The van der Waals surface area contributed by atoms with Crippen molar-refractivity contribution in [3.8, 4) is 6.07 Å². The number of nitrogens with zero attached hydrogens (tertiary/aromatic N) is 2. The Kier molecular flexibility index (Phi) is 5.59. The summed E-state index contributed by atoms with van der Waals surface area (Å²) in [5.74, 6) is -3.07. The summed E-state index contributed by atoms with van der Waals surface area (Å²) < 4.78 is 25.8. The molecule has 2 rings (SSSR count). The molecule has 2 N–H and O–H groups in total. The Bertz CT molecular complexity index is 936. The Morgan fingerprint density at radius 3 is 2.56 bits per heavy atom. The van der Waals surface area contributed by atoms with Crippen molar-refractivity contribution in [2.24, 2.45) is 5.92 Å². The Balaban J connectivity index is 2.27. The number of carbonyl (C=O) groups excluding carboxylic acids is 2. The smallest absolute Gasteiger partial charge is 0.250 e. The number of Topliss-reactive ketones (excluding diaryl/α,β-unsaturated/α-hetero) is 1. The van der Waals surface area contributed by atoms with Gasteiger partial charge in [-0.15, -0.1) is 0 Å². The predicted molar refractivity (Wildman–Crippen MR) is 89.0 cm³/mol. The minimum Gasteiger partial charge on any atom is -0.309 e. The lowest BCUT2D eigenvalue weighted by Gasteiger charge is -2.10. The van der Waals surface area contributed by atoms with Gasteiger partial charge in [0.15, 0.2) is 11.7 Å². The van der Waals surface area contributed by atoms with Gasteiger partial charge in [-0.3, -0.25) is 9.59 Å². The fourth-order valence-electron chi connectivity index (χ4n) is 1.97. The Labute approximate surface area is 144 Å². The van der Waals surface area contributed by atoms with Crippen molar-refractivity contribution in [1.82, 2.24) is 9.71 Å². The summed E-state index contributed by atoms with van der Waals surface area (Å²) in [5, 5.41) is 11.6. The van der Waals surface area contributed by atoms with Crippen molar-refractivity contribution >= 4 is 27.5 Å². The summed E-state index contributed by atoms with van der Waals surface area (Å²) in [7, 11) is -2.51. The van der Waals surface area contributed by atoms with Gasteiger partial charge in [0, 0.05) is 11.8 Å². The highest BCUT2D eigenvalue weighted by molar-refractivity contribution is 7.89. The van der Waals surface area contributed by atoms with Gasteiger partial charge in [-0.05, 0) is 31.3 Å². The zero-order valence-corrected chi connectivity index (χ0v) is 13.9. The van der Waals surface area contributed by atoms with Gasteiger partial charge < -0.3 is 5.32 Å². The molecule has 0 fully saturated rings. The lowest BCUT2D eigenvalue weighted by Crippen LogP contribution is -2.29. The fourth-order valence-corrected chi connectivity index (χ4v) is 2.75. The van der Waals surface area contributed by atoms with Gasteiger partial charge in [0.25, 0.3) is 5.91 Å². The van der Waals surface area contributed by atoms with Crippen LogP contribution in [0.3, 0.4) is 0 Å². The van der Waals surface area contributed by atoms with Crippen LogP contribution in [0.1, 0.15) is 10.4 Å². The quantitative estimate of drug-likeness (QED) is 0.584. The highest BCUT2D eigenvalue weighted by atomic mass is 32.2. The van der Waals surface area contributed by atoms with E-state index in [9.17, 15) is 23.3 Å². The maximum absolute atomic E-state index is 12.5. The predicted octanol–water partition coefficient (Wildman–Crippen LogP) is 0.951. The molecule has 1 amide bonds. The van der Waals surface area contributed by atoms with Crippen LogP contribution in [0, 0.1) is 17.2 Å². The van der Waals surface area contributed by atoms with Crippen LogP contribution in [0.5, 0.6) is 0 Å². The summed E-state index contributed by atoms with van der Waals surface area (Å²) >= 11 is 0. The molecular formula is C16H14N4O4S. The van der Waals surface area contributed by atoms with Gasteiger partial charge >= 0.3 is 0 Å². The van der Waals surface area contributed by atoms with Gasteiger partial charge in [-0.1, -0.05) is 18.2 Å². The van der Waals surface area contributed by atoms with Gasteiger partial charge in [-0.25, -0.2) is 18.1 Å². The molecule has 0 saturated carbocycles. The van der Waals surface area contributed by atoms with Crippen LogP contribution >= 0.6 is 0 Å². The van der Waals surface area contributed by atoms with E-state index in [-0.39, 0.29) is 16.3 Å². The molecule has 8 nitrogen and oxygen atoms in total. The number of hydrogen-bond donors (Lipinski definition) is 2. The maximum Gasteiger partial charge on any atom is 0.250 e. The minimum atomic E-state index is -3.75. The Morgan fingerprint density at radius 1 is 1.20 bits per heavy atom. The van der Waals surface area contributed by atoms with Crippen molar-refractivity contribution < 1.29 is 18.0 Å². The second-order valence-electron chi connectivity index (χ2n) is 4.87. The average molecular weight is 358 g/mol.